The third kappa shape index (κ3) is 5.49. The highest BCUT2D eigenvalue weighted by atomic mass is 16.1. The van der Waals surface area contributed by atoms with Crippen LogP contribution >= 0.6 is 0 Å². The molecule has 17 heavy (non-hydrogen) atoms. The van der Waals surface area contributed by atoms with Gasteiger partial charge in [0.25, 0.3) is 0 Å². The molecule has 0 spiro atoms. The van der Waals surface area contributed by atoms with Gasteiger partial charge >= 0.3 is 0 Å². The molecule has 1 heterocycles. The molecule has 2 N–H and O–H groups in total. The highest BCUT2D eigenvalue weighted by Crippen LogP contribution is 1.99. The van der Waals surface area contributed by atoms with Gasteiger partial charge in [-0.05, 0) is 20.8 Å². The second kappa shape index (κ2) is 5.82. The normalized spacial score (nSPS) is 11.5. The summed E-state index contributed by atoms with van der Waals surface area (Å²) in [5, 5.41) is 6.13. The van der Waals surface area contributed by atoms with Crippen LogP contribution in [0.2, 0.25) is 0 Å². The van der Waals surface area contributed by atoms with Gasteiger partial charge in [-0.3, -0.25) is 4.79 Å². The van der Waals surface area contributed by atoms with Gasteiger partial charge in [-0.15, -0.1) is 0 Å². The van der Waals surface area contributed by atoms with E-state index >= 15 is 0 Å². The number of nitrogens with zero attached hydrogens (tertiary/aromatic N) is 2. The van der Waals surface area contributed by atoms with Crippen molar-refractivity contribution in [2.75, 3.05) is 6.54 Å². The van der Waals surface area contributed by atoms with E-state index in [0.29, 0.717) is 19.5 Å². The Kier molecular flexibility index (Phi) is 4.69. The highest BCUT2D eigenvalue weighted by molar-refractivity contribution is 5.76. The number of rotatable bonds is 5. The fourth-order valence-corrected chi connectivity index (χ4v) is 1.45. The lowest BCUT2D eigenvalue weighted by Gasteiger charge is -2.20. The first-order valence-corrected chi connectivity index (χ1v) is 5.86. The van der Waals surface area contributed by atoms with Crippen LogP contribution in [0, 0.1) is 0 Å². The zero-order valence-corrected chi connectivity index (χ0v) is 11.1. The van der Waals surface area contributed by atoms with Crippen LogP contribution in [0.5, 0.6) is 0 Å². The Morgan fingerprint density at radius 2 is 2.18 bits per heavy atom. The van der Waals surface area contributed by atoms with Crippen LogP contribution in [0.25, 0.3) is 0 Å². The number of imidazole rings is 1. The first-order valence-electron chi connectivity index (χ1n) is 5.86. The summed E-state index contributed by atoms with van der Waals surface area (Å²) in [7, 11) is 1.95. The smallest absolute Gasteiger partial charge is 0.221 e. The van der Waals surface area contributed by atoms with E-state index < -0.39 is 0 Å². The molecule has 5 heteroatoms. The molecule has 5 nitrogen and oxygen atoms in total. The number of aromatic nitrogens is 2. The lowest BCUT2D eigenvalue weighted by molar-refractivity contribution is -0.122. The Labute approximate surface area is 103 Å². The minimum absolute atomic E-state index is 0.0739. The molecule has 0 saturated carbocycles. The van der Waals surface area contributed by atoms with Crippen LogP contribution < -0.4 is 10.6 Å². The standard InChI is InChI=1S/C12H22N4O/c1-12(2,3)15-11(17)5-6-13-9-10-14-7-8-16(10)4/h7-8,13H,5-6,9H2,1-4H3,(H,15,17). The number of hydrogen-bond acceptors (Lipinski definition) is 3. The highest BCUT2D eigenvalue weighted by Gasteiger charge is 2.12. The monoisotopic (exact) mass is 238 g/mol. The molecular formula is C12H22N4O. The second-order valence-corrected chi connectivity index (χ2v) is 5.18. The number of carbonyl (C=O) groups is 1. The van der Waals surface area contributed by atoms with Gasteiger partial charge in [-0.2, -0.15) is 0 Å². The molecular weight excluding hydrogens is 216 g/mol. The molecule has 0 radical (unpaired) electrons. The van der Waals surface area contributed by atoms with Crippen molar-refractivity contribution in [3.05, 3.63) is 18.2 Å². The summed E-state index contributed by atoms with van der Waals surface area (Å²) in [5.74, 6) is 1.05. The SMILES string of the molecule is Cn1ccnc1CNCCC(=O)NC(C)(C)C. The average Bonchev–Trinajstić information content (AvgIpc) is 2.56. The fourth-order valence-electron chi connectivity index (χ4n) is 1.45. The van der Waals surface area contributed by atoms with E-state index in [1.807, 2.05) is 38.6 Å². The summed E-state index contributed by atoms with van der Waals surface area (Å²) in [4.78, 5) is 15.7. The molecule has 1 amide bonds. The number of amides is 1. The van der Waals surface area contributed by atoms with Crippen molar-refractivity contribution in [1.29, 1.82) is 0 Å². The van der Waals surface area contributed by atoms with Crippen molar-refractivity contribution >= 4 is 5.91 Å². The van der Waals surface area contributed by atoms with Crippen molar-refractivity contribution < 1.29 is 4.79 Å². The van der Waals surface area contributed by atoms with E-state index in [4.69, 9.17) is 0 Å². The fraction of sp³-hybridized carbons (Fsp3) is 0.667. The molecule has 0 aromatic carbocycles. The first-order chi connectivity index (χ1) is 7.88. The van der Waals surface area contributed by atoms with Crippen molar-refractivity contribution in [3.8, 4) is 0 Å². The molecule has 0 aliphatic heterocycles. The summed E-state index contributed by atoms with van der Waals surface area (Å²) in [6, 6.07) is 0. The molecule has 96 valence electrons. The third-order valence-electron chi connectivity index (χ3n) is 2.25. The van der Waals surface area contributed by atoms with Crippen molar-refractivity contribution in [1.82, 2.24) is 20.2 Å². The van der Waals surface area contributed by atoms with Crippen LogP contribution in [0.1, 0.15) is 33.0 Å². The lowest BCUT2D eigenvalue weighted by atomic mass is 10.1. The van der Waals surface area contributed by atoms with E-state index in [9.17, 15) is 4.79 Å². The number of aryl methyl sites for hydroxylation is 1. The zero-order chi connectivity index (χ0) is 12.9. The Balaban J connectivity index is 2.17. The van der Waals surface area contributed by atoms with Crippen molar-refractivity contribution in [2.45, 2.75) is 39.3 Å². The van der Waals surface area contributed by atoms with E-state index in [2.05, 4.69) is 15.6 Å². The number of hydrogen-bond donors (Lipinski definition) is 2. The quantitative estimate of drug-likeness (QED) is 0.746. The van der Waals surface area contributed by atoms with Crippen LogP contribution in [0.4, 0.5) is 0 Å². The minimum atomic E-state index is -0.156. The second-order valence-electron chi connectivity index (χ2n) is 5.18. The molecule has 1 aromatic heterocycles. The molecule has 0 aliphatic carbocycles. The van der Waals surface area contributed by atoms with E-state index in [1.54, 1.807) is 6.20 Å². The third-order valence-corrected chi connectivity index (χ3v) is 2.25. The van der Waals surface area contributed by atoms with E-state index in [-0.39, 0.29) is 11.4 Å². The van der Waals surface area contributed by atoms with Crippen LogP contribution in [-0.4, -0.2) is 27.5 Å². The minimum Gasteiger partial charge on any atom is -0.351 e. The topological polar surface area (TPSA) is 59.0 Å². The van der Waals surface area contributed by atoms with Crippen LogP contribution in [-0.2, 0) is 18.4 Å². The van der Waals surface area contributed by atoms with Crippen LogP contribution in [0.3, 0.4) is 0 Å². The Bertz CT molecular complexity index is 365. The predicted octanol–water partition coefficient (Wildman–Crippen LogP) is 0.814. The molecule has 0 bridgehead atoms. The van der Waals surface area contributed by atoms with Gasteiger partial charge in [0.05, 0.1) is 6.54 Å². The van der Waals surface area contributed by atoms with E-state index in [0.717, 1.165) is 5.82 Å². The zero-order valence-electron chi connectivity index (χ0n) is 11.1. The van der Waals surface area contributed by atoms with Crippen molar-refractivity contribution in [3.63, 3.8) is 0 Å². The molecule has 0 unspecified atom stereocenters. The maximum absolute atomic E-state index is 11.5. The molecule has 0 aliphatic rings. The summed E-state index contributed by atoms with van der Waals surface area (Å²) in [6.07, 6.45) is 4.16. The summed E-state index contributed by atoms with van der Waals surface area (Å²) < 4.78 is 1.96. The number of nitrogens with one attached hydrogen (secondary N) is 2. The van der Waals surface area contributed by atoms with Gasteiger partial charge in [-0.1, -0.05) is 0 Å². The first kappa shape index (κ1) is 13.7. The molecule has 0 atom stereocenters. The molecule has 0 saturated heterocycles. The van der Waals surface area contributed by atoms with Gasteiger partial charge in [0.15, 0.2) is 0 Å². The summed E-state index contributed by atoms with van der Waals surface area (Å²) in [6.45, 7) is 7.28. The van der Waals surface area contributed by atoms with Gasteiger partial charge in [0, 0.05) is 37.9 Å². The largest absolute Gasteiger partial charge is 0.351 e. The van der Waals surface area contributed by atoms with Gasteiger partial charge < -0.3 is 15.2 Å². The van der Waals surface area contributed by atoms with Gasteiger partial charge in [0.1, 0.15) is 5.82 Å². The summed E-state index contributed by atoms with van der Waals surface area (Å²) >= 11 is 0. The lowest BCUT2D eigenvalue weighted by Crippen LogP contribution is -2.41. The maximum atomic E-state index is 11.5. The van der Waals surface area contributed by atoms with E-state index in [1.165, 1.54) is 0 Å². The van der Waals surface area contributed by atoms with Crippen LogP contribution in [0.15, 0.2) is 12.4 Å². The van der Waals surface area contributed by atoms with Gasteiger partial charge in [0.2, 0.25) is 5.91 Å². The van der Waals surface area contributed by atoms with Gasteiger partial charge in [-0.25, -0.2) is 4.98 Å². The maximum Gasteiger partial charge on any atom is 0.221 e. The Hall–Kier alpha value is -1.36. The molecule has 0 fully saturated rings. The Morgan fingerprint density at radius 3 is 2.71 bits per heavy atom. The molecule has 1 aromatic rings. The predicted molar refractivity (Wildman–Crippen MR) is 67.4 cm³/mol. The Morgan fingerprint density at radius 1 is 1.47 bits per heavy atom. The number of carbonyl (C=O) groups excluding carboxylic acids is 1. The summed E-state index contributed by atoms with van der Waals surface area (Å²) in [5.41, 5.74) is -0.156. The molecule has 1 rings (SSSR count). The average molecular weight is 238 g/mol. The van der Waals surface area contributed by atoms with Crippen molar-refractivity contribution in [2.24, 2.45) is 7.05 Å².